The van der Waals surface area contributed by atoms with Gasteiger partial charge in [0.2, 0.25) is 11.8 Å². The van der Waals surface area contributed by atoms with Crippen molar-refractivity contribution >= 4 is 33.8 Å². The topological polar surface area (TPSA) is 124 Å². The Hall–Kier alpha value is -5.12. The van der Waals surface area contributed by atoms with Gasteiger partial charge >= 0.3 is 5.63 Å². The minimum Gasteiger partial charge on any atom is -0.497 e. The van der Waals surface area contributed by atoms with Crippen molar-refractivity contribution in [3.8, 4) is 17.1 Å². The van der Waals surface area contributed by atoms with Crippen molar-refractivity contribution in [2.75, 3.05) is 20.2 Å². The van der Waals surface area contributed by atoms with E-state index in [4.69, 9.17) is 13.6 Å². The van der Waals surface area contributed by atoms with Crippen LogP contribution in [0.25, 0.3) is 33.3 Å². The molecule has 3 unspecified atom stereocenters. The van der Waals surface area contributed by atoms with E-state index in [9.17, 15) is 19.2 Å². The van der Waals surface area contributed by atoms with Gasteiger partial charge in [-0.2, -0.15) is 0 Å². The number of furan rings is 1. The zero-order chi connectivity index (χ0) is 30.5. The van der Waals surface area contributed by atoms with Crippen LogP contribution in [0.4, 0.5) is 0 Å². The highest BCUT2D eigenvalue weighted by Crippen LogP contribution is 2.37. The Balaban J connectivity index is 1.16. The third-order valence-electron chi connectivity index (χ3n) is 8.77. The summed E-state index contributed by atoms with van der Waals surface area (Å²) in [6.07, 6.45) is 0.726. The molecule has 2 aliphatic heterocycles. The number of methoxy groups -OCH3 is 1. The molecule has 1 N–H and O–H groups in total. The zero-order valence-corrected chi connectivity index (χ0v) is 24.4. The summed E-state index contributed by atoms with van der Waals surface area (Å²) < 4.78 is 19.0. The molecule has 44 heavy (non-hydrogen) atoms. The van der Waals surface area contributed by atoms with Crippen molar-refractivity contribution in [2.24, 2.45) is 5.92 Å². The van der Waals surface area contributed by atoms with Crippen LogP contribution in [0.15, 0.2) is 85.2 Å². The van der Waals surface area contributed by atoms with Crippen LogP contribution in [-0.2, 0) is 22.6 Å². The number of carbonyl (C=O) groups is 2. The number of piperidine rings is 1. The van der Waals surface area contributed by atoms with Gasteiger partial charge in [-0.15, -0.1) is 0 Å². The van der Waals surface area contributed by atoms with Crippen LogP contribution in [0.3, 0.4) is 0 Å². The van der Waals surface area contributed by atoms with Crippen molar-refractivity contribution in [1.29, 1.82) is 0 Å². The third-order valence-corrected chi connectivity index (χ3v) is 8.77. The van der Waals surface area contributed by atoms with Crippen LogP contribution < -0.4 is 21.2 Å². The number of likely N-dealkylation sites (tertiary alicyclic amines) is 1. The van der Waals surface area contributed by atoms with Crippen LogP contribution in [0.1, 0.15) is 30.5 Å². The maximum absolute atomic E-state index is 13.6. The predicted octanol–water partition coefficient (Wildman–Crippen LogP) is 4.07. The van der Waals surface area contributed by atoms with E-state index in [1.807, 2.05) is 16.7 Å². The van der Waals surface area contributed by atoms with E-state index in [0.29, 0.717) is 58.8 Å². The lowest BCUT2D eigenvalue weighted by atomic mass is 9.83. The number of nitrogens with one attached hydrogen (secondary N) is 1. The molecule has 10 heteroatoms. The van der Waals surface area contributed by atoms with Gasteiger partial charge in [-0.25, -0.2) is 4.79 Å². The van der Waals surface area contributed by atoms with E-state index in [2.05, 4.69) is 5.32 Å². The van der Waals surface area contributed by atoms with Crippen molar-refractivity contribution in [3.05, 3.63) is 98.8 Å². The summed E-state index contributed by atoms with van der Waals surface area (Å²) >= 11 is 0. The molecule has 2 aromatic carbocycles. The van der Waals surface area contributed by atoms with Crippen LogP contribution in [0.5, 0.6) is 5.75 Å². The lowest BCUT2D eigenvalue weighted by Gasteiger charge is -2.43. The summed E-state index contributed by atoms with van der Waals surface area (Å²) in [6, 6.07) is 18.7. The second kappa shape index (κ2) is 10.9. The molecule has 3 atom stereocenters. The average Bonchev–Trinajstić information content (AvgIpc) is 3.41. The van der Waals surface area contributed by atoms with Gasteiger partial charge in [0.05, 0.1) is 18.9 Å². The Bertz CT molecular complexity index is 2040. The molecule has 0 aliphatic carbocycles. The second-order valence-electron chi connectivity index (χ2n) is 11.6. The molecule has 2 aliphatic rings. The predicted molar refractivity (Wildman–Crippen MR) is 164 cm³/mol. The number of nitrogens with zero attached hydrogens (tertiary/aromatic N) is 2. The second-order valence-corrected chi connectivity index (χ2v) is 11.6. The molecule has 1 fully saturated rings. The molecule has 7 rings (SSSR count). The van der Waals surface area contributed by atoms with Crippen LogP contribution in [0.2, 0.25) is 0 Å². The number of amides is 2. The summed E-state index contributed by atoms with van der Waals surface area (Å²) in [4.78, 5) is 54.4. The first-order valence-electron chi connectivity index (χ1n) is 14.7. The maximum atomic E-state index is 13.6. The SMILES string of the molecule is COc1ccc(-c2oc3c(c2CC(=O)NC(C)C(=O)N2CC4CC(C2)c2cccc(=O)n2C4)c(=O)oc2ccccc23)cc1. The third kappa shape index (κ3) is 4.76. The minimum absolute atomic E-state index is 0.0135. The molecule has 224 valence electrons. The molecule has 0 radical (unpaired) electrons. The Morgan fingerprint density at radius 2 is 1.77 bits per heavy atom. The number of ether oxygens (including phenoxy) is 1. The highest BCUT2D eigenvalue weighted by Gasteiger charge is 2.37. The fourth-order valence-corrected chi connectivity index (χ4v) is 6.77. The number of pyridine rings is 1. The van der Waals surface area contributed by atoms with Gasteiger partial charge in [-0.3, -0.25) is 14.4 Å². The van der Waals surface area contributed by atoms with E-state index in [1.165, 1.54) is 0 Å². The molecule has 1 saturated heterocycles. The number of hydrogen-bond donors (Lipinski definition) is 1. The summed E-state index contributed by atoms with van der Waals surface area (Å²) in [5, 5.41) is 3.66. The Kier molecular flexibility index (Phi) is 6.84. The Morgan fingerprint density at radius 1 is 0.977 bits per heavy atom. The lowest BCUT2D eigenvalue weighted by molar-refractivity contribution is -0.138. The fourth-order valence-electron chi connectivity index (χ4n) is 6.77. The van der Waals surface area contributed by atoms with Gasteiger partial charge in [0.25, 0.3) is 5.56 Å². The van der Waals surface area contributed by atoms with Gasteiger partial charge in [-0.1, -0.05) is 18.2 Å². The van der Waals surface area contributed by atoms with Crippen molar-refractivity contribution in [3.63, 3.8) is 0 Å². The smallest absolute Gasteiger partial charge is 0.347 e. The molecule has 2 amide bonds. The monoisotopic (exact) mass is 593 g/mol. The maximum Gasteiger partial charge on any atom is 0.347 e. The number of benzene rings is 2. The van der Waals surface area contributed by atoms with Gasteiger partial charge < -0.3 is 28.4 Å². The molecule has 5 heterocycles. The number of fused-ring (bicyclic) bond motifs is 7. The first-order chi connectivity index (χ1) is 21.3. The zero-order valence-electron chi connectivity index (χ0n) is 24.4. The van der Waals surface area contributed by atoms with Gasteiger partial charge in [0, 0.05) is 48.4 Å². The largest absolute Gasteiger partial charge is 0.497 e. The average molecular weight is 594 g/mol. The van der Waals surface area contributed by atoms with Crippen LogP contribution in [-0.4, -0.2) is 47.5 Å². The number of carbonyl (C=O) groups excluding carboxylic acids is 2. The van der Waals surface area contributed by atoms with Gasteiger partial charge in [-0.05, 0) is 61.7 Å². The minimum atomic E-state index is -0.792. The quantitative estimate of drug-likeness (QED) is 0.295. The van der Waals surface area contributed by atoms with Crippen molar-refractivity contribution in [1.82, 2.24) is 14.8 Å². The number of para-hydroxylation sites is 1. The summed E-state index contributed by atoms with van der Waals surface area (Å²) in [7, 11) is 1.57. The highest BCUT2D eigenvalue weighted by molar-refractivity contribution is 6.05. The highest BCUT2D eigenvalue weighted by atomic mass is 16.5. The Morgan fingerprint density at radius 3 is 2.57 bits per heavy atom. The lowest BCUT2D eigenvalue weighted by Crippen LogP contribution is -2.54. The molecule has 3 aromatic heterocycles. The first kappa shape index (κ1) is 27.7. The van der Waals surface area contributed by atoms with E-state index >= 15 is 0 Å². The number of aromatic nitrogens is 1. The Labute approximate surface area is 251 Å². The van der Waals surface area contributed by atoms with Crippen molar-refractivity contribution < 1.29 is 23.2 Å². The molecule has 0 saturated carbocycles. The first-order valence-corrected chi connectivity index (χ1v) is 14.7. The molecular weight excluding hydrogens is 562 g/mol. The normalized spacial score (nSPS) is 18.2. The summed E-state index contributed by atoms with van der Waals surface area (Å²) in [6.45, 7) is 3.26. The fraction of sp³-hybridized carbons (Fsp3) is 0.294. The molecule has 0 spiro atoms. The molecule has 2 bridgehead atoms. The molecular formula is C34H31N3O7. The van der Waals surface area contributed by atoms with E-state index in [0.717, 1.165) is 12.1 Å². The van der Waals surface area contributed by atoms with Crippen molar-refractivity contribution in [2.45, 2.75) is 38.3 Å². The van der Waals surface area contributed by atoms with Gasteiger partial charge in [0.1, 0.15) is 28.5 Å². The van der Waals surface area contributed by atoms with Gasteiger partial charge in [0.15, 0.2) is 5.58 Å². The number of hydrogen-bond acceptors (Lipinski definition) is 7. The summed E-state index contributed by atoms with van der Waals surface area (Å²) in [5.74, 6) is 0.660. The summed E-state index contributed by atoms with van der Waals surface area (Å²) in [5.41, 5.74) is 2.11. The molecule has 5 aromatic rings. The van der Waals surface area contributed by atoms with E-state index < -0.39 is 17.6 Å². The van der Waals surface area contributed by atoms with E-state index in [-0.39, 0.29) is 35.1 Å². The molecule has 10 nitrogen and oxygen atoms in total. The van der Waals surface area contributed by atoms with E-state index in [1.54, 1.807) is 73.5 Å². The van der Waals surface area contributed by atoms with Crippen LogP contribution >= 0.6 is 0 Å². The van der Waals surface area contributed by atoms with Crippen LogP contribution in [0, 0.1) is 5.92 Å². The standard InChI is InChI=1S/C34H31N3O7/c1-19(33(40)36-16-20-14-22(18-36)26-7-5-9-29(39)37(26)17-20)35-28(38)15-25-30-32(24-6-3-4-8-27(24)43-34(30)41)44-31(25)21-10-12-23(42-2)13-11-21/h3-13,19-20,22H,14-18H2,1-2H3,(H,35,38). The number of rotatable bonds is 6.